The number of carbonyl (C=O) groups excluding carboxylic acids is 1. The zero-order chi connectivity index (χ0) is 14.1. The Morgan fingerprint density at radius 2 is 1.65 bits per heavy atom. The van der Waals surface area contributed by atoms with Gasteiger partial charge in [0.15, 0.2) is 0 Å². The predicted molar refractivity (Wildman–Crippen MR) is 80.4 cm³/mol. The van der Waals surface area contributed by atoms with E-state index in [0.29, 0.717) is 11.8 Å². The fraction of sp³-hybridized carbons (Fsp3) is 0.588. The molecule has 3 rings (SSSR count). The van der Waals surface area contributed by atoms with Crippen LogP contribution in [-0.2, 0) is 11.3 Å². The number of likely N-dealkylation sites (tertiary alicyclic amines) is 2. The Balaban J connectivity index is 1.67. The summed E-state index contributed by atoms with van der Waals surface area (Å²) in [6.07, 6.45) is 0. The smallest absolute Gasteiger partial charge is 0.144 e. The Morgan fingerprint density at radius 3 is 2.20 bits per heavy atom. The average Bonchev–Trinajstić information content (AvgIpc) is 2.40. The zero-order valence-electron chi connectivity index (χ0n) is 12.5. The van der Waals surface area contributed by atoms with E-state index in [-0.39, 0.29) is 11.8 Å². The van der Waals surface area contributed by atoms with Crippen LogP contribution in [0.3, 0.4) is 0 Å². The monoisotopic (exact) mass is 272 g/mol. The van der Waals surface area contributed by atoms with Crippen molar-refractivity contribution in [1.82, 2.24) is 9.80 Å². The van der Waals surface area contributed by atoms with Crippen LogP contribution in [0.5, 0.6) is 0 Å². The van der Waals surface area contributed by atoms with E-state index in [9.17, 15) is 4.79 Å². The molecule has 2 heterocycles. The molecule has 2 fully saturated rings. The number of ketones is 1. The van der Waals surface area contributed by atoms with Crippen LogP contribution in [0.15, 0.2) is 30.3 Å². The van der Waals surface area contributed by atoms with Crippen LogP contribution >= 0.6 is 0 Å². The minimum Gasteiger partial charge on any atom is -0.299 e. The van der Waals surface area contributed by atoms with E-state index in [2.05, 4.69) is 54.0 Å². The molecule has 0 spiro atoms. The van der Waals surface area contributed by atoms with Crippen LogP contribution in [0.1, 0.15) is 19.4 Å². The minimum atomic E-state index is 0.216. The van der Waals surface area contributed by atoms with Gasteiger partial charge in [-0.1, -0.05) is 30.3 Å². The summed E-state index contributed by atoms with van der Waals surface area (Å²) in [7, 11) is 0. The molecule has 3 heteroatoms. The molecule has 1 aromatic carbocycles. The summed E-state index contributed by atoms with van der Waals surface area (Å²) in [6, 6.07) is 11.1. The fourth-order valence-electron chi connectivity index (χ4n) is 3.54. The van der Waals surface area contributed by atoms with Gasteiger partial charge in [0.2, 0.25) is 0 Å². The first kappa shape index (κ1) is 13.8. The van der Waals surface area contributed by atoms with Crippen molar-refractivity contribution in [2.75, 3.05) is 26.2 Å². The molecule has 108 valence electrons. The quantitative estimate of drug-likeness (QED) is 0.841. The van der Waals surface area contributed by atoms with Crippen LogP contribution in [0.2, 0.25) is 0 Å². The number of carbonyl (C=O) groups is 1. The van der Waals surface area contributed by atoms with Crippen LogP contribution in [-0.4, -0.2) is 47.8 Å². The van der Waals surface area contributed by atoms with Crippen LogP contribution in [0, 0.1) is 11.8 Å². The highest BCUT2D eigenvalue weighted by molar-refractivity contribution is 5.85. The maximum atomic E-state index is 12.3. The molecule has 0 amide bonds. The summed E-state index contributed by atoms with van der Waals surface area (Å²) < 4.78 is 0. The molecular formula is C17H24N2O. The maximum Gasteiger partial charge on any atom is 0.144 e. The summed E-state index contributed by atoms with van der Waals surface area (Å²) in [5.41, 5.74) is 1.35. The Hall–Kier alpha value is -1.19. The maximum absolute atomic E-state index is 12.3. The van der Waals surface area contributed by atoms with E-state index in [1.165, 1.54) is 5.56 Å². The summed E-state index contributed by atoms with van der Waals surface area (Å²) in [4.78, 5) is 17.3. The molecule has 2 aliphatic rings. The average molecular weight is 272 g/mol. The molecular weight excluding hydrogens is 248 g/mol. The highest BCUT2D eigenvalue weighted by Crippen LogP contribution is 2.27. The fourth-order valence-corrected chi connectivity index (χ4v) is 3.54. The standard InChI is InChI=1S/C17H24N2O/c1-13(2)19-11-15-9-18(10-16(12-19)17(15)20)8-14-6-4-3-5-7-14/h3-7,13,15-16H,8-12H2,1-2H3. The lowest BCUT2D eigenvalue weighted by molar-refractivity contribution is -0.138. The molecule has 2 atom stereocenters. The number of Topliss-reactive ketones (excluding diaryl/α,β-unsaturated/α-hetero) is 1. The third kappa shape index (κ3) is 2.79. The van der Waals surface area contributed by atoms with E-state index in [0.717, 1.165) is 32.7 Å². The van der Waals surface area contributed by atoms with Gasteiger partial charge >= 0.3 is 0 Å². The van der Waals surface area contributed by atoms with Gasteiger partial charge in [0.1, 0.15) is 5.78 Å². The van der Waals surface area contributed by atoms with Crippen molar-refractivity contribution in [3.05, 3.63) is 35.9 Å². The Morgan fingerprint density at radius 1 is 1.05 bits per heavy atom. The third-order valence-electron chi connectivity index (χ3n) is 4.65. The molecule has 20 heavy (non-hydrogen) atoms. The molecule has 0 N–H and O–H groups in total. The molecule has 1 aromatic rings. The van der Waals surface area contributed by atoms with Gasteiger partial charge in [-0.05, 0) is 19.4 Å². The molecule has 2 saturated heterocycles. The van der Waals surface area contributed by atoms with Gasteiger partial charge in [0, 0.05) is 50.6 Å². The van der Waals surface area contributed by atoms with E-state index in [1.807, 2.05) is 0 Å². The second kappa shape index (κ2) is 5.66. The van der Waals surface area contributed by atoms with Crippen LogP contribution in [0.4, 0.5) is 0 Å². The first-order valence-corrected chi connectivity index (χ1v) is 7.67. The van der Waals surface area contributed by atoms with Crippen molar-refractivity contribution in [3.63, 3.8) is 0 Å². The lowest BCUT2D eigenvalue weighted by Crippen LogP contribution is -2.59. The van der Waals surface area contributed by atoms with Crippen LogP contribution in [0.25, 0.3) is 0 Å². The van der Waals surface area contributed by atoms with E-state index < -0.39 is 0 Å². The van der Waals surface area contributed by atoms with Crippen LogP contribution < -0.4 is 0 Å². The number of hydrogen-bond donors (Lipinski definition) is 0. The molecule has 2 bridgehead atoms. The van der Waals surface area contributed by atoms with E-state index in [4.69, 9.17) is 0 Å². The lowest BCUT2D eigenvalue weighted by atomic mass is 9.82. The second-order valence-corrected chi connectivity index (χ2v) is 6.52. The number of nitrogens with zero attached hydrogens (tertiary/aromatic N) is 2. The number of piperidine rings is 2. The largest absolute Gasteiger partial charge is 0.299 e. The lowest BCUT2D eigenvalue weighted by Gasteiger charge is -2.46. The first-order valence-electron chi connectivity index (χ1n) is 7.67. The number of fused-ring (bicyclic) bond motifs is 2. The van der Waals surface area contributed by atoms with E-state index >= 15 is 0 Å². The normalized spacial score (nSPS) is 28.1. The molecule has 2 unspecified atom stereocenters. The Kier molecular flexibility index (Phi) is 3.90. The summed E-state index contributed by atoms with van der Waals surface area (Å²) in [5.74, 6) is 0.938. The van der Waals surface area contributed by atoms with Crippen molar-refractivity contribution < 1.29 is 4.79 Å². The molecule has 0 aliphatic carbocycles. The second-order valence-electron chi connectivity index (χ2n) is 6.52. The van der Waals surface area contributed by atoms with Crippen molar-refractivity contribution in [3.8, 4) is 0 Å². The highest BCUT2D eigenvalue weighted by atomic mass is 16.1. The first-order chi connectivity index (χ1) is 9.63. The summed E-state index contributed by atoms with van der Waals surface area (Å²) in [5, 5.41) is 0. The predicted octanol–water partition coefficient (Wildman–Crippen LogP) is 2.03. The number of hydrogen-bond acceptors (Lipinski definition) is 3. The topological polar surface area (TPSA) is 23.6 Å². The highest BCUT2D eigenvalue weighted by Gasteiger charge is 2.41. The van der Waals surface area contributed by atoms with Gasteiger partial charge in [-0.3, -0.25) is 14.6 Å². The van der Waals surface area contributed by atoms with Crippen molar-refractivity contribution in [1.29, 1.82) is 0 Å². The van der Waals surface area contributed by atoms with Gasteiger partial charge < -0.3 is 0 Å². The molecule has 2 aliphatic heterocycles. The van der Waals surface area contributed by atoms with Gasteiger partial charge in [-0.15, -0.1) is 0 Å². The van der Waals surface area contributed by atoms with Crippen molar-refractivity contribution >= 4 is 5.78 Å². The van der Waals surface area contributed by atoms with E-state index in [1.54, 1.807) is 0 Å². The number of benzene rings is 1. The Bertz CT molecular complexity index is 453. The van der Waals surface area contributed by atoms with Gasteiger partial charge in [0.05, 0.1) is 0 Å². The SMILES string of the molecule is CC(C)N1CC2CN(Cc3ccccc3)CC(C1)C2=O. The molecule has 0 saturated carbocycles. The molecule has 0 aromatic heterocycles. The van der Waals surface area contributed by atoms with Crippen molar-refractivity contribution in [2.45, 2.75) is 26.4 Å². The minimum absolute atomic E-state index is 0.216. The molecule has 0 radical (unpaired) electrons. The third-order valence-corrected chi connectivity index (χ3v) is 4.65. The summed E-state index contributed by atoms with van der Waals surface area (Å²) in [6.45, 7) is 9.17. The van der Waals surface area contributed by atoms with Gasteiger partial charge in [0.25, 0.3) is 0 Å². The van der Waals surface area contributed by atoms with Gasteiger partial charge in [-0.2, -0.15) is 0 Å². The Labute approximate surface area is 121 Å². The summed E-state index contributed by atoms with van der Waals surface area (Å²) >= 11 is 0. The molecule has 3 nitrogen and oxygen atoms in total. The van der Waals surface area contributed by atoms with Gasteiger partial charge in [-0.25, -0.2) is 0 Å². The van der Waals surface area contributed by atoms with Crippen molar-refractivity contribution in [2.24, 2.45) is 11.8 Å². The number of rotatable bonds is 3. The zero-order valence-corrected chi connectivity index (χ0v) is 12.5.